The van der Waals surface area contributed by atoms with Gasteiger partial charge in [0.1, 0.15) is 5.54 Å². The topological polar surface area (TPSA) is 110 Å². The van der Waals surface area contributed by atoms with E-state index in [9.17, 15) is 4.79 Å². The van der Waals surface area contributed by atoms with E-state index in [0.717, 1.165) is 42.8 Å². The fourth-order valence-electron chi connectivity index (χ4n) is 4.88. The number of benzene rings is 1. The van der Waals surface area contributed by atoms with Gasteiger partial charge in [0.15, 0.2) is 11.7 Å². The molecule has 2 aliphatic heterocycles. The van der Waals surface area contributed by atoms with Gasteiger partial charge in [-0.3, -0.25) is 5.41 Å². The van der Waals surface area contributed by atoms with Crippen molar-refractivity contribution in [3.05, 3.63) is 77.6 Å². The summed E-state index contributed by atoms with van der Waals surface area (Å²) in [4.78, 5) is 31.5. The number of carbonyl (C=O) groups excluding carboxylic acids is 1. The molecule has 4 heterocycles. The molecule has 0 radical (unpaired) electrons. The van der Waals surface area contributed by atoms with Crippen LogP contribution in [0.2, 0.25) is 0 Å². The van der Waals surface area contributed by atoms with Gasteiger partial charge < -0.3 is 15.2 Å². The zero-order valence-electron chi connectivity index (χ0n) is 17.9. The Hall–Kier alpha value is -3.81. The Morgan fingerprint density at radius 3 is 2.91 bits per heavy atom. The molecule has 8 heteroatoms. The number of fused-ring (bicyclic) bond motifs is 2. The average molecular weight is 428 g/mol. The molecule has 0 aliphatic carbocycles. The second-order valence-electron chi connectivity index (χ2n) is 8.42. The van der Waals surface area contributed by atoms with E-state index < -0.39 is 5.54 Å². The Bertz CT molecular complexity index is 1170. The molecule has 0 saturated carbocycles. The van der Waals surface area contributed by atoms with Gasteiger partial charge in [-0.1, -0.05) is 6.07 Å². The fraction of sp³-hybridized carbons (Fsp3) is 0.292. The smallest absolute Gasteiger partial charge is 0.322 e. The molecule has 2 bridgehead atoms. The van der Waals surface area contributed by atoms with E-state index in [2.05, 4.69) is 25.3 Å². The van der Waals surface area contributed by atoms with Crippen molar-refractivity contribution in [1.29, 1.82) is 5.41 Å². The van der Waals surface area contributed by atoms with E-state index in [4.69, 9.17) is 5.41 Å². The minimum Gasteiger partial charge on any atom is -0.360 e. The third kappa shape index (κ3) is 3.47. The first kappa shape index (κ1) is 20.1. The Morgan fingerprint density at radius 1 is 1.31 bits per heavy atom. The van der Waals surface area contributed by atoms with Crippen LogP contribution in [0.15, 0.2) is 60.0 Å². The first-order valence-electron chi connectivity index (χ1n) is 10.8. The molecule has 3 N–H and O–H groups in total. The zero-order chi connectivity index (χ0) is 22.1. The number of anilines is 1. The number of aryl methyl sites for hydroxylation is 1. The van der Waals surface area contributed by atoms with Crippen LogP contribution >= 0.6 is 0 Å². The van der Waals surface area contributed by atoms with E-state index in [1.54, 1.807) is 24.7 Å². The molecule has 1 aromatic carbocycles. The van der Waals surface area contributed by atoms with Gasteiger partial charge in [0.05, 0.1) is 11.9 Å². The highest BCUT2D eigenvalue weighted by Crippen LogP contribution is 2.53. The number of amidine groups is 1. The largest absolute Gasteiger partial charge is 0.360 e. The van der Waals surface area contributed by atoms with Crippen LogP contribution in [0.4, 0.5) is 10.5 Å². The normalized spacial score (nSPS) is 21.9. The van der Waals surface area contributed by atoms with E-state index in [1.807, 2.05) is 48.4 Å². The lowest BCUT2D eigenvalue weighted by molar-refractivity contribution is -0.0808. The molecule has 2 amide bonds. The summed E-state index contributed by atoms with van der Waals surface area (Å²) in [6, 6.07) is 11.2. The standard InChI is InChI=1S/C24H25N7O/c1-16-7-8-17(13-20(16)21(25)29-15-18-5-3-10-26-18)30-23(32)31-19-6-2-9-24(31,14-19)22-27-11-4-12-28-22/h3-5,7-8,10-13,15,19,25-26H,2,6,9,14H2,1H3,(H,30,32). The number of piperidine rings is 1. The first-order chi connectivity index (χ1) is 15.6. The lowest BCUT2D eigenvalue weighted by atomic mass is 9.67. The average Bonchev–Trinajstić information content (AvgIpc) is 3.33. The third-order valence-electron chi connectivity index (χ3n) is 6.43. The van der Waals surface area contributed by atoms with Gasteiger partial charge in [0.2, 0.25) is 0 Å². The number of aliphatic imine (C=N–C) groups is 1. The molecule has 2 aliphatic rings. The summed E-state index contributed by atoms with van der Waals surface area (Å²) in [5, 5.41) is 11.4. The van der Waals surface area contributed by atoms with Crippen LogP contribution in [-0.4, -0.2) is 44.0 Å². The zero-order valence-corrected chi connectivity index (χ0v) is 17.9. The summed E-state index contributed by atoms with van der Waals surface area (Å²) < 4.78 is 0. The number of nitrogens with zero attached hydrogens (tertiary/aromatic N) is 4. The van der Waals surface area contributed by atoms with Gasteiger partial charge in [-0.05, 0) is 68.5 Å². The number of H-pyrrole nitrogens is 1. The SMILES string of the molecule is Cc1ccc(NC(=O)N2C3CCCC2(c2ncccn2)C3)cc1C(=N)N=Cc1ccc[nH]1. The number of carbonyl (C=O) groups is 1. The maximum Gasteiger partial charge on any atom is 0.322 e. The highest BCUT2D eigenvalue weighted by Gasteiger charge is 2.59. The molecule has 2 fully saturated rings. The lowest BCUT2D eigenvalue weighted by Gasteiger charge is -2.60. The highest BCUT2D eigenvalue weighted by atomic mass is 16.2. The van der Waals surface area contributed by atoms with Crippen LogP contribution in [0.25, 0.3) is 0 Å². The predicted molar refractivity (Wildman–Crippen MR) is 123 cm³/mol. The van der Waals surface area contributed by atoms with Crippen LogP contribution in [0.3, 0.4) is 0 Å². The monoisotopic (exact) mass is 427 g/mol. The summed E-state index contributed by atoms with van der Waals surface area (Å²) in [6.07, 6.45) is 10.8. The van der Waals surface area contributed by atoms with Crippen molar-refractivity contribution in [2.24, 2.45) is 4.99 Å². The van der Waals surface area contributed by atoms with Crippen LogP contribution in [0.1, 0.15) is 48.3 Å². The Labute approximate surface area is 186 Å². The number of hydrogen-bond acceptors (Lipinski definition) is 4. The van der Waals surface area contributed by atoms with E-state index in [-0.39, 0.29) is 17.9 Å². The summed E-state index contributed by atoms with van der Waals surface area (Å²) in [7, 11) is 0. The summed E-state index contributed by atoms with van der Waals surface area (Å²) >= 11 is 0. The number of amides is 2. The summed E-state index contributed by atoms with van der Waals surface area (Å²) in [5.74, 6) is 0.860. The van der Waals surface area contributed by atoms with Crippen molar-refractivity contribution >= 4 is 23.8 Å². The second kappa shape index (κ2) is 8.03. The molecule has 5 rings (SSSR count). The van der Waals surface area contributed by atoms with Gasteiger partial charge in [-0.2, -0.15) is 0 Å². The first-order valence-corrected chi connectivity index (χ1v) is 10.8. The fourth-order valence-corrected chi connectivity index (χ4v) is 4.88. The molecule has 2 atom stereocenters. The van der Waals surface area contributed by atoms with Crippen LogP contribution < -0.4 is 5.32 Å². The van der Waals surface area contributed by atoms with E-state index in [1.165, 1.54) is 0 Å². The number of rotatable bonds is 4. The minimum atomic E-state index is -0.422. The quantitative estimate of drug-likeness (QED) is 0.428. The summed E-state index contributed by atoms with van der Waals surface area (Å²) in [5.41, 5.74) is 2.65. The maximum atomic E-state index is 13.3. The van der Waals surface area contributed by atoms with Gasteiger partial charge in [-0.25, -0.2) is 19.8 Å². The van der Waals surface area contributed by atoms with Gasteiger partial charge in [0.25, 0.3) is 0 Å². The molecular formula is C24H25N7O. The van der Waals surface area contributed by atoms with E-state index in [0.29, 0.717) is 11.3 Å². The molecule has 3 aromatic rings. The Balaban J connectivity index is 1.36. The van der Waals surface area contributed by atoms with Gasteiger partial charge >= 0.3 is 6.03 Å². The van der Waals surface area contributed by atoms with Gasteiger partial charge in [-0.15, -0.1) is 0 Å². The molecule has 32 heavy (non-hydrogen) atoms. The number of aromatic amines is 1. The molecule has 2 unspecified atom stereocenters. The highest BCUT2D eigenvalue weighted by molar-refractivity contribution is 6.05. The van der Waals surface area contributed by atoms with Crippen molar-refractivity contribution in [2.45, 2.75) is 44.2 Å². The molecule has 2 saturated heterocycles. The lowest BCUT2D eigenvalue weighted by Crippen LogP contribution is -2.69. The maximum absolute atomic E-state index is 13.3. The van der Waals surface area contributed by atoms with Crippen LogP contribution in [0.5, 0.6) is 0 Å². The molecule has 0 spiro atoms. The van der Waals surface area contributed by atoms with Crippen molar-refractivity contribution in [2.75, 3.05) is 5.32 Å². The summed E-state index contributed by atoms with van der Waals surface area (Å²) in [6.45, 7) is 1.93. The Morgan fingerprint density at radius 2 is 2.16 bits per heavy atom. The number of nitrogens with one attached hydrogen (secondary N) is 3. The van der Waals surface area contributed by atoms with E-state index >= 15 is 0 Å². The van der Waals surface area contributed by atoms with Crippen molar-refractivity contribution in [3.63, 3.8) is 0 Å². The molecular weight excluding hydrogens is 402 g/mol. The van der Waals surface area contributed by atoms with Crippen molar-refractivity contribution in [1.82, 2.24) is 19.9 Å². The van der Waals surface area contributed by atoms with Crippen molar-refractivity contribution < 1.29 is 4.79 Å². The number of hydrogen-bond donors (Lipinski definition) is 3. The minimum absolute atomic E-state index is 0.142. The third-order valence-corrected chi connectivity index (χ3v) is 6.43. The number of aromatic nitrogens is 3. The molecule has 162 valence electrons. The molecule has 2 aromatic heterocycles. The number of urea groups is 1. The van der Waals surface area contributed by atoms with Crippen LogP contribution in [0, 0.1) is 12.3 Å². The Kier molecular flexibility index (Phi) is 5.05. The molecule has 8 nitrogen and oxygen atoms in total. The van der Waals surface area contributed by atoms with Crippen LogP contribution in [-0.2, 0) is 5.54 Å². The van der Waals surface area contributed by atoms with Gasteiger partial charge in [0, 0.05) is 35.9 Å². The van der Waals surface area contributed by atoms with Crippen molar-refractivity contribution in [3.8, 4) is 0 Å². The second-order valence-corrected chi connectivity index (χ2v) is 8.42. The predicted octanol–water partition coefficient (Wildman–Crippen LogP) is 4.24.